The second kappa shape index (κ2) is 4.40. The third kappa shape index (κ3) is 1.82. The van der Waals surface area contributed by atoms with Crippen molar-refractivity contribution in [3.05, 3.63) is 22.2 Å². The first-order valence-corrected chi connectivity index (χ1v) is 8.27. The number of aryl methyl sites for hydroxylation is 1. The number of benzene rings is 1. The molecule has 2 aliphatic rings. The summed E-state index contributed by atoms with van der Waals surface area (Å²) in [6, 6.07) is 4.01. The topological polar surface area (TPSA) is 35.2 Å². The fourth-order valence-electron chi connectivity index (χ4n) is 4.22. The van der Waals surface area contributed by atoms with E-state index >= 15 is 0 Å². The van der Waals surface area contributed by atoms with Crippen molar-refractivity contribution in [3.63, 3.8) is 0 Å². The molecule has 3 atom stereocenters. The molecule has 3 unspecified atom stereocenters. The van der Waals surface area contributed by atoms with Gasteiger partial charge in [-0.15, -0.1) is 0 Å². The van der Waals surface area contributed by atoms with Gasteiger partial charge in [0.15, 0.2) is 0 Å². The zero-order valence-electron chi connectivity index (χ0n) is 12.8. The number of hydrogen-bond donors (Lipinski definition) is 1. The quantitative estimate of drug-likeness (QED) is 0.776. The van der Waals surface area contributed by atoms with E-state index in [1.165, 1.54) is 19.3 Å². The fourth-order valence-corrected chi connectivity index (χ4v) is 4.68. The molecule has 0 saturated heterocycles. The highest BCUT2D eigenvalue weighted by Crippen LogP contribution is 2.66. The Labute approximate surface area is 130 Å². The Bertz CT molecular complexity index is 554. The van der Waals surface area contributed by atoms with E-state index in [1.807, 2.05) is 13.0 Å². The molecular formula is C17H24BrNO. The van der Waals surface area contributed by atoms with E-state index in [4.69, 9.17) is 10.5 Å². The molecular weight excluding hydrogens is 314 g/mol. The number of anilines is 1. The molecule has 0 amide bonds. The average Bonchev–Trinajstić information content (AvgIpc) is 2.69. The average molecular weight is 338 g/mol. The summed E-state index contributed by atoms with van der Waals surface area (Å²) in [5, 5.41) is 0. The van der Waals surface area contributed by atoms with Crippen molar-refractivity contribution < 1.29 is 4.74 Å². The molecule has 2 N–H and O–H groups in total. The van der Waals surface area contributed by atoms with Gasteiger partial charge in [0.2, 0.25) is 0 Å². The summed E-state index contributed by atoms with van der Waals surface area (Å²) in [7, 11) is 0. The molecule has 20 heavy (non-hydrogen) atoms. The molecule has 0 radical (unpaired) electrons. The molecule has 2 saturated carbocycles. The standard InChI is InChI=1S/C17H24BrNO/c1-10-7-14(12(18)9-13(10)19)20-15-8-11-5-6-17(15,4)16(11,2)3/h7,9,11,15H,5-6,8,19H2,1-4H3. The normalized spacial score (nSPS) is 34.5. The molecule has 2 aliphatic carbocycles. The molecule has 0 aliphatic heterocycles. The first-order valence-electron chi connectivity index (χ1n) is 7.48. The lowest BCUT2D eigenvalue weighted by Gasteiger charge is -2.39. The van der Waals surface area contributed by atoms with Crippen molar-refractivity contribution in [2.45, 2.75) is 53.1 Å². The van der Waals surface area contributed by atoms with Gasteiger partial charge in [-0.25, -0.2) is 0 Å². The van der Waals surface area contributed by atoms with Crippen LogP contribution in [0.1, 0.15) is 45.6 Å². The predicted molar refractivity (Wildman–Crippen MR) is 86.9 cm³/mol. The molecule has 1 aromatic rings. The van der Waals surface area contributed by atoms with Gasteiger partial charge in [-0.1, -0.05) is 20.8 Å². The van der Waals surface area contributed by atoms with Crippen molar-refractivity contribution in [1.82, 2.24) is 0 Å². The second-order valence-corrected chi connectivity index (χ2v) is 8.21. The van der Waals surface area contributed by atoms with E-state index < -0.39 is 0 Å². The van der Waals surface area contributed by atoms with E-state index in [-0.39, 0.29) is 5.41 Å². The highest BCUT2D eigenvalue weighted by molar-refractivity contribution is 9.10. The van der Waals surface area contributed by atoms with Gasteiger partial charge < -0.3 is 10.5 Å². The van der Waals surface area contributed by atoms with E-state index in [0.29, 0.717) is 11.5 Å². The summed E-state index contributed by atoms with van der Waals surface area (Å²) >= 11 is 3.58. The van der Waals surface area contributed by atoms with E-state index in [1.54, 1.807) is 0 Å². The highest BCUT2D eigenvalue weighted by Gasteiger charge is 2.62. The predicted octanol–water partition coefficient (Wildman–Crippen LogP) is 4.93. The smallest absolute Gasteiger partial charge is 0.134 e. The Morgan fingerprint density at radius 1 is 1.30 bits per heavy atom. The number of fused-ring (bicyclic) bond motifs is 2. The van der Waals surface area contributed by atoms with Crippen LogP contribution in [-0.4, -0.2) is 6.10 Å². The highest BCUT2D eigenvalue weighted by atomic mass is 79.9. The van der Waals surface area contributed by atoms with Gasteiger partial charge in [0, 0.05) is 11.1 Å². The number of halogens is 1. The molecule has 2 bridgehead atoms. The molecule has 2 nitrogen and oxygen atoms in total. The monoisotopic (exact) mass is 337 g/mol. The van der Waals surface area contributed by atoms with Crippen LogP contribution in [0.3, 0.4) is 0 Å². The van der Waals surface area contributed by atoms with E-state index in [0.717, 1.165) is 27.4 Å². The summed E-state index contributed by atoms with van der Waals surface area (Å²) in [6.45, 7) is 9.26. The Morgan fingerprint density at radius 2 is 2.00 bits per heavy atom. The summed E-state index contributed by atoms with van der Waals surface area (Å²) in [4.78, 5) is 0. The summed E-state index contributed by atoms with van der Waals surface area (Å²) in [5.41, 5.74) is 8.50. The van der Waals surface area contributed by atoms with Crippen LogP contribution in [0.4, 0.5) is 5.69 Å². The fraction of sp³-hybridized carbons (Fsp3) is 0.647. The van der Waals surface area contributed by atoms with Crippen LogP contribution in [0.25, 0.3) is 0 Å². The number of ether oxygens (including phenoxy) is 1. The Hall–Kier alpha value is -0.700. The van der Waals surface area contributed by atoms with Gasteiger partial charge in [0.25, 0.3) is 0 Å². The largest absolute Gasteiger partial charge is 0.489 e. The minimum Gasteiger partial charge on any atom is -0.489 e. The summed E-state index contributed by atoms with van der Waals surface area (Å²) < 4.78 is 7.37. The molecule has 1 aromatic carbocycles. The zero-order chi connectivity index (χ0) is 14.7. The van der Waals surface area contributed by atoms with Crippen molar-refractivity contribution >= 4 is 21.6 Å². The van der Waals surface area contributed by atoms with Crippen LogP contribution in [0, 0.1) is 23.7 Å². The van der Waals surface area contributed by atoms with Crippen LogP contribution in [0.5, 0.6) is 5.75 Å². The molecule has 110 valence electrons. The van der Waals surface area contributed by atoms with Gasteiger partial charge in [0.1, 0.15) is 11.9 Å². The van der Waals surface area contributed by atoms with Gasteiger partial charge >= 0.3 is 0 Å². The summed E-state index contributed by atoms with van der Waals surface area (Å²) in [5.74, 6) is 1.73. The maximum atomic E-state index is 6.41. The Balaban J connectivity index is 1.89. The Kier molecular flexibility index (Phi) is 3.13. The minimum absolute atomic E-state index is 0.284. The summed E-state index contributed by atoms with van der Waals surface area (Å²) in [6.07, 6.45) is 4.13. The van der Waals surface area contributed by atoms with Crippen molar-refractivity contribution in [1.29, 1.82) is 0 Å². The molecule has 3 heteroatoms. The van der Waals surface area contributed by atoms with Gasteiger partial charge in [0.05, 0.1) is 4.47 Å². The first kappa shape index (κ1) is 14.2. The van der Waals surface area contributed by atoms with Crippen LogP contribution < -0.4 is 10.5 Å². The number of rotatable bonds is 2. The lowest BCUT2D eigenvalue weighted by Crippen LogP contribution is -2.38. The van der Waals surface area contributed by atoms with Crippen LogP contribution in [-0.2, 0) is 0 Å². The molecule has 0 heterocycles. The van der Waals surface area contributed by atoms with Crippen LogP contribution in [0.15, 0.2) is 16.6 Å². The third-order valence-corrected chi connectivity index (χ3v) is 6.92. The number of hydrogen-bond acceptors (Lipinski definition) is 2. The number of nitrogens with two attached hydrogens (primary N) is 1. The molecule has 3 rings (SSSR count). The molecule has 0 aromatic heterocycles. The first-order chi connectivity index (χ1) is 9.25. The third-order valence-electron chi connectivity index (χ3n) is 6.30. The van der Waals surface area contributed by atoms with Crippen molar-refractivity contribution in [2.75, 3.05) is 5.73 Å². The molecule has 0 spiro atoms. The van der Waals surface area contributed by atoms with Crippen molar-refractivity contribution in [3.8, 4) is 5.75 Å². The number of nitrogen functional groups attached to an aromatic ring is 1. The lowest BCUT2D eigenvalue weighted by molar-refractivity contribution is 0.0297. The Morgan fingerprint density at radius 3 is 2.55 bits per heavy atom. The second-order valence-electron chi connectivity index (χ2n) is 7.36. The van der Waals surface area contributed by atoms with Crippen LogP contribution >= 0.6 is 15.9 Å². The van der Waals surface area contributed by atoms with Gasteiger partial charge in [-0.05, 0) is 71.1 Å². The van der Waals surface area contributed by atoms with E-state index in [2.05, 4.69) is 42.8 Å². The minimum atomic E-state index is 0.284. The zero-order valence-corrected chi connectivity index (χ0v) is 14.4. The maximum Gasteiger partial charge on any atom is 0.134 e. The van der Waals surface area contributed by atoms with Crippen LogP contribution in [0.2, 0.25) is 0 Å². The van der Waals surface area contributed by atoms with Crippen molar-refractivity contribution in [2.24, 2.45) is 16.7 Å². The van der Waals surface area contributed by atoms with E-state index in [9.17, 15) is 0 Å². The van der Waals surface area contributed by atoms with Gasteiger partial charge in [-0.3, -0.25) is 0 Å². The maximum absolute atomic E-state index is 6.41. The lowest BCUT2D eigenvalue weighted by atomic mass is 9.70. The SMILES string of the molecule is Cc1cc(OC2CC3CCC2(C)C3(C)C)c(Br)cc1N. The molecule has 2 fully saturated rings. The van der Waals surface area contributed by atoms with Gasteiger partial charge in [-0.2, -0.15) is 0 Å².